The molecule has 2 amide bonds. The van der Waals surface area contributed by atoms with E-state index in [-0.39, 0.29) is 18.7 Å². The van der Waals surface area contributed by atoms with Crippen molar-refractivity contribution in [3.8, 4) is 11.5 Å². The minimum atomic E-state index is -0.441. The third-order valence-electron chi connectivity index (χ3n) is 3.54. The predicted molar refractivity (Wildman–Crippen MR) is 96.9 cm³/mol. The van der Waals surface area contributed by atoms with E-state index in [9.17, 15) is 9.59 Å². The molecule has 2 heterocycles. The Morgan fingerprint density at radius 3 is 2.65 bits per heavy atom. The molecule has 2 aromatic heterocycles. The number of aryl methyl sites for hydroxylation is 2. The Hall–Kier alpha value is -2.94. The highest BCUT2D eigenvalue weighted by Gasteiger charge is 2.12. The number of aromatic amines is 1. The van der Waals surface area contributed by atoms with Crippen LogP contribution in [0.2, 0.25) is 0 Å². The number of nitrogens with zero attached hydrogens (tertiary/aromatic N) is 2. The van der Waals surface area contributed by atoms with Gasteiger partial charge in [0, 0.05) is 29.1 Å². The lowest BCUT2D eigenvalue weighted by molar-refractivity contribution is -0.121. The van der Waals surface area contributed by atoms with Crippen LogP contribution in [-0.2, 0) is 11.2 Å². The first kappa shape index (κ1) is 17.9. The largest absolute Gasteiger partial charge is 0.421 e. The lowest BCUT2D eigenvalue weighted by Crippen LogP contribution is -2.41. The van der Waals surface area contributed by atoms with Crippen molar-refractivity contribution in [3.63, 3.8) is 0 Å². The summed E-state index contributed by atoms with van der Waals surface area (Å²) in [4.78, 5) is 26.4. The number of halogens is 1. The summed E-state index contributed by atoms with van der Waals surface area (Å²) < 4.78 is 6.30. The lowest BCUT2D eigenvalue weighted by Gasteiger charge is -2.05. The minimum Gasteiger partial charge on any atom is -0.421 e. The van der Waals surface area contributed by atoms with Crippen LogP contribution in [0.3, 0.4) is 0 Å². The predicted octanol–water partition coefficient (Wildman–Crippen LogP) is 2.53. The maximum absolute atomic E-state index is 11.8. The third kappa shape index (κ3) is 4.57. The average molecular weight is 418 g/mol. The van der Waals surface area contributed by atoms with Gasteiger partial charge in [0.2, 0.25) is 17.7 Å². The Balaban J connectivity index is 1.47. The SMILES string of the molecule is Cc1ccc(-c2nnc(CCC(=O)NNC(=O)c3cc(Br)c[nH]3)o2)cc1. The van der Waals surface area contributed by atoms with Gasteiger partial charge >= 0.3 is 0 Å². The van der Waals surface area contributed by atoms with Crippen LogP contribution in [0.15, 0.2) is 45.4 Å². The number of nitrogens with one attached hydrogen (secondary N) is 3. The van der Waals surface area contributed by atoms with Gasteiger partial charge in [-0.2, -0.15) is 0 Å². The lowest BCUT2D eigenvalue weighted by atomic mass is 10.1. The number of aromatic nitrogens is 3. The zero-order valence-corrected chi connectivity index (χ0v) is 15.5. The van der Waals surface area contributed by atoms with E-state index in [1.807, 2.05) is 31.2 Å². The molecule has 0 atom stereocenters. The van der Waals surface area contributed by atoms with Gasteiger partial charge in [0.15, 0.2) is 0 Å². The molecule has 0 bridgehead atoms. The molecule has 0 radical (unpaired) electrons. The van der Waals surface area contributed by atoms with E-state index in [0.717, 1.165) is 15.6 Å². The number of carbonyl (C=O) groups excluding carboxylic acids is 2. The molecule has 0 fully saturated rings. The summed E-state index contributed by atoms with van der Waals surface area (Å²) in [5.74, 6) is -0.0380. The Bertz CT molecular complexity index is 917. The van der Waals surface area contributed by atoms with Crippen molar-refractivity contribution >= 4 is 27.7 Å². The number of carbonyl (C=O) groups is 2. The van der Waals surface area contributed by atoms with Crippen LogP contribution >= 0.6 is 15.9 Å². The molecule has 9 heteroatoms. The first-order valence-corrected chi connectivity index (χ1v) is 8.63. The topological polar surface area (TPSA) is 113 Å². The summed E-state index contributed by atoms with van der Waals surface area (Å²) >= 11 is 3.23. The van der Waals surface area contributed by atoms with Gasteiger partial charge < -0.3 is 9.40 Å². The highest BCUT2D eigenvalue weighted by atomic mass is 79.9. The molecule has 3 rings (SSSR count). The molecule has 0 saturated carbocycles. The molecule has 1 aromatic carbocycles. The van der Waals surface area contributed by atoms with E-state index in [1.165, 1.54) is 0 Å². The van der Waals surface area contributed by atoms with Crippen LogP contribution in [0.1, 0.15) is 28.4 Å². The van der Waals surface area contributed by atoms with Crippen LogP contribution < -0.4 is 10.9 Å². The highest BCUT2D eigenvalue weighted by molar-refractivity contribution is 9.10. The van der Waals surface area contributed by atoms with Crippen molar-refractivity contribution in [2.45, 2.75) is 19.8 Å². The average Bonchev–Trinajstić information content (AvgIpc) is 3.27. The number of hydrogen-bond donors (Lipinski definition) is 3. The van der Waals surface area contributed by atoms with Gasteiger partial charge in [0.25, 0.3) is 5.91 Å². The molecule has 3 aromatic rings. The number of hydrogen-bond acceptors (Lipinski definition) is 5. The second-order valence-electron chi connectivity index (χ2n) is 5.60. The Kier molecular flexibility index (Phi) is 5.47. The van der Waals surface area contributed by atoms with Crippen molar-refractivity contribution in [3.05, 3.63) is 58.1 Å². The molecule has 8 nitrogen and oxygen atoms in total. The quantitative estimate of drug-likeness (QED) is 0.552. The number of hydrazine groups is 1. The van der Waals surface area contributed by atoms with Crippen LogP contribution in [0.25, 0.3) is 11.5 Å². The van der Waals surface area contributed by atoms with E-state index < -0.39 is 5.91 Å². The van der Waals surface area contributed by atoms with Crippen LogP contribution in [-0.4, -0.2) is 27.0 Å². The summed E-state index contributed by atoms with van der Waals surface area (Å²) in [7, 11) is 0. The van der Waals surface area contributed by atoms with E-state index in [2.05, 4.69) is 42.0 Å². The summed E-state index contributed by atoms with van der Waals surface area (Å²) in [6.45, 7) is 2.00. The van der Waals surface area contributed by atoms with Crippen molar-refractivity contribution in [1.82, 2.24) is 26.0 Å². The summed E-state index contributed by atoms with van der Waals surface area (Å²) in [6, 6.07) is 9.31. The zero-order valence-electron chi connectivity index (χ0n) is 13.9. The minimum absolute atomic E-state index is 0.101. The third-order valence-corrected chi connectivity index (χ3v) is 4.00. The molecule has 3 N–H and O–H groups in total. The van der Waals surface area contributed by atoms with E-state index in [1.54, 1.807) is 12.3 Å². The maximum Gasteiger partial charge on any atom is 0.286 e. The van der Waals surface area contributed by atoms with Crippen molar-refractivity contribution < 1.29 is 14.0 Å². The molecular formula is C17H16BrN5O3. The second kappa shape index (κ2) is 7.96. The number of amides is 2. The van der Waals surface area contributed by atoms with Crippen LogP contribution in [0, 0.1) is 6.92 Å². The maximum atomic E-state index is 11.8. The monoisotopic (exact) mass is 417 g/mol. The van der Waals surface area contributed by atoms with Gasteiger partial charge in [0.1, 0.15) is 5.69 Å². The molecular weight excluding hydrogens is 402 g/mol. The second-order valence-corrected chi connectivity index (χ2v) is 6.52. The summed E-state index contributed by atoms with van der Waals surface area (Å²) in [5, 5.41) is 7.92. The van der Waals surface area contributed by atoms with E-state index in [0.29, 0.717) is 17.5 Å². The first-order valence-electron chi connectivity index (χ1n) is 7.84. The zero-order chi connectivity index (χ0) is 18.5. The molecule has 0 unspecified atom stereocenters. The van der Waals surface area contributed by atoms with Crippen molar-refractivity contribution in [1.29, 1.82) is 0 Å². The number of H-pyrrole nitrogens is 1. The van der Waals surface area contributed by atoms with Gasteiger partial charge in [-0.1, -0.05) is 17.7 Å². The van der Waals surface area contributed by atoms with Gasteiger partial charge in [-0.15, -0.1) is 10.2 Å². The fourth-order valence-corrected chi connectivity index (χ4v) is 2.49. The van der Waals surface area contributed by atoms with Crippen molar-refractivity contribution in [2.24, 2.45) is 0 Å². The number of rotatable bonds is 5. The summed E-state index contributed by atoms with van der Waals surface area (Å²) in [5.41, 5.74) is 6.96. The van der Waals surface area contributed by atoms with E-state index in [4.69, 9.17) is 4.42 Å². The Morgan fingerprint density at radius 1 is 1.19 bits per heavy atom. The van der Waals surface area contributed by atoms with Crippen LogP contribution in [0.5, 0.6) is 0 Å². The number of benzene rings is 1. The molecule has 134 valence electrons. The molecule has 0 aliphatic carbocycles. The normalized spacial score (nSPS) is 10.5. The summed E-state index contributed by atoms with van der Waals surface area (Å²) in [6.07, 6.45) is 2.00. The highest BCUT2D eigenvalue weighted by Crippen LogP contribution is 2.18. The standard InChI is InChI=1S/C17H16BrN5O3/c1-10-2-4-11(5-3-10)17-23-21-15(26-17)7-6-14(24)20-22-16(25)13-8-12(18)9-19-13/h2-5,8-9,19H,6-7H2,1H3,(H,20,24)(H,22,25). The van der Waals surface area contributed by atoms with Crippen molar-refractivity contribution in [2.75, 3.05) is 0 Å². The fourth-order valence-electron chi connectivity index (χ4n) is 2.14. The van der Waals surface area contributed by atoms with Crippen LogP contribution in [0.4, 0.5) is 0 Å². The Labute approximate surface area is 157 Å². The Morgan fingerprint density at radius 2 is 1.96 bits per heavy atom. The van der Waals surface area contributed by atoms with Gasteiger partial charge in [-0.25, -0.2) is 0 Å². The molecule has 0 spiro atoms. The molecule has 0 saturated heterocycles. The van der Waals surface area contributed by atoms with Gasteiger partial charge in [0.05, 0.1) is 0 Å². The van der Waals surface area contributed by atoms with E-state index >= 15 is 0 Å². The van der Waals surface area contributed by atoms with Gasteiger partial charge in [-0.05, 0) is 41.1 Å². The smallest absolute Gasteiger partial charge is 0.286 e. The molecule has 26 heavy (non-hydrogen) atoms. The first-order chi connectivity index (χ1) is 12.5. The fraction of sp³-hybridized carbons (Fsp3) is 0.176. The molecule has 0 aliphatic heterocycles. The van der Waals surface area contributed by atoms with Gasteiger partial charge in [-0.3, -0.25) is 20.4 Å². The molecule has 0 aliphatic rings.